The van der Waals surface area contributed by atoms with Crippen molar-refractivity contribution in [2.24, 2.45) is 0 Å². The van der Waals surface area contributed by atoms with E-state index in [1.54, 1.807) is 6.07 Å². The van der Waals surface area contributed by atoms with Gasteiger partial charge in [0.1, 0.15) is 18.0 Å². The van der Waals surface area contributed by atoms with E-state index < -0.39 is 11.7 Å². The Balaban J connectivity index is 1.64. The molecule has 0 atom stereocenters. The molecule has 1 rings (SSSR count). The van der Waals surface area contributed by atoms with Crippen LogP contribution in [-0.4, -0.2) is 170 Å². The molecule has 0 unspecified atom stereocenters. The maximum Gasteiger partial charge on any atom is 0.407 e. The molecule has 51 heavy (non-hydrogen) atoms. The molecule has 0 aliphatic carbocycles. The van der Waals surface area contributed by atoms with Gasteiger partial charge < -0.3 is 72.6 Å². The maximum atomic E-state index is 11.5. The first-order chi connectivity index (χ1) is 24.9. The molecule has 1 amide bonds. The van der Waals surface area contributed by atoms with Gasteiger partial charge in [0, 0.05) is 6.54 Å². The van der Waals surface area contributed by atoms with Crippen LogP contribution in [0, 0.1) is 0 Å². The number of hydrogen-bond acceptors (Lipinski definition) is 15. The Kier molecular flexibility index (Phi) is 31.8. The second-order valence-electron chi connectivity index (χ2n) is 11.6. The van der Waals surface area contributed by atoms with Gasteiger partial charge in [-0.2, -0.15) is 0 Å². The number of nitrogens with one attached hydrogen (secondary N) is 1. The van der Waals surface area contributed by atoms with E-state index in [0.29, 0.717) is 170 Å². The Bertz CT molecular complexity index is 910. The van der Waals surface area contributed by atoms with Crippen LogP contribution in [0.3, 0.4) is 0 Å². The highest BCUT2D eigenvalue weighted by Gasteiger charge is 2.15. The van der Waals surface area contributed by atoms with Gasteiger partial charge in [0.25, 0.3) is 0 Å². The second-order valence-corrected chi connectivity index (χ2v) is 11.6. The Morgan fingerprint density at radius 1 is 0.490 bits per heavy atom. The van der Waals surface area contributed by atoms with Crippen LogP contribution in [0.1, 0.15) is 20.8 Å². The summed E-state index contributed by atoms with van der Waals surface area (Å²) in [6.07, 6.45) is -0.454. The standard InChI is InChI=1S/C35H64N2O14/c1-35(2,3)51-34(38)37-8-9-39-10-11-40-12-13-41-14-15-42-16-17-43-18-19-44-20-21-45-22-23-46-24-25-47-26-27-48-28-29-49-30-31-50-33-7-5-4-6-32(33)36/h4-7H,8-31,36H2,1-3H3,(H,37,38). The molecule has 0 heterocycles. The summed E-state index contributed by atoms with van der Waals surface area (Å²) in [4.78, 5) is 11.5. The number of nitrogens with two attached hydrogens (primary N) is 1. The SMILES string of the molecule is CC(C)(C)OC(=O)NCCOCCOCCOCCOCCOCCOCCOCCOCCOCCOCCOCCOc1ccccc1N. The molecule has 0 saturated carbocycles. The molecule has 298 valence electrons. The van der Waals surface area contributed by atoms with Gasteiger partial charge in [0.15, 0.2) is 0 Å². The van der Waals surface area contributed by atoms with Crippen LogP contribution in [-0.2, 0) is 56.8 Å². The predicted octanol–water partition coefficient (Wildman–Crippen LogP) is 2.35. The number of anilines is 1. The van der Waals surface area contributed by atoms with Crippen molar-refractivity contribution in [2.45, 2.75) is 26.4 Å². The summed E-state index contributed by atoms with van der Waals surface area (Å²) in [6, 6.07) is 7.37. The number of hydrogen-bond donors (Lipinski definition) is 2. The van der Waals surface area contributed by atoms with Gasteiger partial charge in [-0.1, -0.05) is 12.1 Å². The van der Waals surface area contributed by atoms with E-state index in [-0.39, 0.29) is 0 Å². The topological polar surface area (TPSA) is 175 Å². The van der Waals surface area contributed by atoms with Crippen molar-refractivity contribution in [3.05, 3.63) is 24.3 Å². The molecule has 0 bridgehead atoms. The fourth-order valence-corrected chi connectivity index (χ4v) is 3.66. The zero-order valence-corrected chi connectivity index (χ0v) is 31.1. The van der Waals surface area contributed by atoms with E-state index in [4.69, 9.17) is 67.3 Å². The average molecular weight is 737 g/mol. The van der Waals surface area contributed by atoms with Crippen LogP contribution in [0.25, 0.3) is 0 Å². The van der Waals surface area contributed by atoms with Gasteiger partial charge in [0.05, 0.1) is 151 Å². The molecule has 3 N–H and O–H groups in total. The summed E-state index contributed by atoms with van der Waals surface area (Å²) in [7, 11) is 0. The molecular weight excluding hydrogens is 672 g/mol. The van der Waals surface area contributed by atoms with E-state index in [9.17, 15) is 4.79 Å². The molecule has 0 fully saturated rings. The summed E-state index contributed by atoms with van der Waals surface area (Å²) < 4.78 is 70.8. The van der Waals surface area contributed by atoms with E-state index in [1.165, 1.54) is 0 Å². The largest absolute Gasteiger partial charge is 0.489 e. The number of rotatable bonds is 37. The monoisotopic (exact) mass is 736 g/mol. The normalized spacial score (nSPS) is 11.6. The predicted molar refractivity (Wildman–Crippen MR) is 190 cm³/mol. The van der Waals surface area contributed by atoms with Crippen molar-refractivity contribution in [1.82, 2.24) is 5.32 Å². The highest BCUT2D eigenvalue weighted by atomic mass is 16.6. The number of carbonyl (C=O) groups excluding carboxylic acids is 1. The molecule has 1 aromatic rings. The van der Waals surface area contributed by atoms with Crippen LogP contribution in [0.2, 0.25) is 0 Å². The Labute approximate surface area is 304 Å². The van der Waals surface area contributed by atoms with Gasteiger partial charge in [0.2, 0.25) is 0 Å². The van der Waals surface area contributed by atoms with Crippen molar-refractivity contribution in [2.75, 3.05) is 164 Å². The number of benzene rings is 1. The van der Waals surface area contributed by atoms with Gasteiger partial charge in [-0.3, -0.25) is 0 Å². The second kappa shape index (κ2) is 34.7. The Hall–Kier alpha value is -2.35. The van der Waals surface area contributed by atoms with Crippen LogP contribution in [0.4, 0.5) is 10.5 Å². The van der Waals surface area contributed by atoms with Crippen molar-refractivity contribution >= 4 is 11.8 Å². The highest BCUT2D eigenvalue weighted by molar-refractivity contribution is 5.67. The van der Waals surface area contributed by atoms with Crippen molar-refractivity contribution in [3.8, 4) is 5.75 Å². The third-order valence-corrected chi connectivity index (χ3v) is 6.04. The first kappa shape index (κ1) is 46.7. The first-order valence-electron chi connectivity index (χ1n) is 17.7. The van der Waals surface area contributed by atoms with Gasteiger partial charge >= 0.3 is 6.09 Å². The molecule has 0 radical (unpaired) electrons. The lowest BCUT2D eigenvalue weighted by molar-refractivity contribution is -0.0277. The smallest absolute Gasteiger partial charge is 0.407 e. The van der Waals surface area contributed by atoms with Crippen LogP contribution in [0.15, 0.2) is 24.3 Å². The van der Waals surface area contributed by atoms with E-state index in [0.717, 1.165) is 0 Å². The molecule has 0 aliphatic heterocycles. The summed E-state index contributed by atoms with van der Waals surface area (Å²) in [5, 5.41) is 2.63. The molecule has 16 nitrogen and oxygen atoms in total. The van der Waals surface area contributed by atoms with Gasteiger partial charge in [-0.15, -0.1) is 0 Å². The molecule has 0 aromatic heterocycles. The molecular formula is C35H64N2O14. The number of amides is 1. The van der Waals surface area contributed by atoms with Crippen molar-refractivity contribution in [1.29, 1.82) is 0 Å². The Morgan fingerprint density at radius 2 is 0.784 bits per heavy atom. The van der Waals surface area contributed by atoms with Crippen molar-refractivity contribution < 1.29 is 66.4 Å². The Morgan fingerprint density at radius 3 is 1.10 bits per heavy atom. The minimum absolute atomic E-state index is 0.380. The van der Waals surface area contributed by atoms with Gasteiger partial charge in [-0.05, 0) is 32.9 Å². The summed E-state index contributed by atoms with van der Waals surface area (Å²) >= 11 is 0. The number of nitrogen functional groups attached to an aromatic ring is 1. The highest BCUT2D eigenvalue weighted by Crippen LogP contribution is 2.19. The number of carbonyl (C=O) groups is 1. The van der Waals surface area contributed by atoms with Crippen LogP contribution >= 0.6 is 0 Å². The number of alkyl carbamates (subject to hydrolysis) is 1. The first-order valence-corrected chi connectivity index (χ1v) is 17.7. The zero-order chi connectivity index (χ0) is 36.9. The van der Waals surface area contributed by atoms with E-state index >= 15 is 0 Å². The van der Waals surface area contributed by atoms with E-state index in [1.807, 2.05) is 39.0 Å². The number of para-hydroxylation sites is 2. The van der Waals surface area contributed by atoms with Crippen LogP contribution < -0.4 is 15.8 Å². The third-order valence-electron chi connectivity index (χ3n) is 6.04. The lowest BCUT2D eigenvalue weighted by Crippen LogP contribution is -2.34. The van der Waals surface area contributed by atoms with E-state index in [2.05, 4.69) is 5.32 Å². The summed E-state index contributed by atoms with van der Waals surface area (Å²) in [5.41, 5.74) is 5.92. The molecule has 0 aliphatic rings. The van der Waals surface area contributed by atoms with Crippen LogP contribution in [0.5, 0.6) is 5.75 Å². The maximum absolute atomic E-state index is 11.5. The fourth-order valence-electron chi connectivity index (χ4n) is 3.66. The minimum Gasteiger partial charge on any atom is -0.489 e. The number of ether oxygens (including phenoxy) is 13. The van der Waals surface area contributed by atoms with Crippen molar-refractivity contribution in [3.63, 3.8) is 0 Å². The quantitative estimate of drug-likeness (QED) is 0.0752. The molecule has 16 heteroatoms. The summed E-state index contributed by atoms with van der Waals surface area (Å²) in [6.45, 7) is 16.8. The fraction of sp³-hybridized carbons (Fsp3) is 0.800. The third kappa shape index (κ3) is 34.5. The zero-order valence-electron chi connectivity index (χ0n) is 31.1. The average Bonchev–Trinajstić information content (AvgIpc) is 3.09. The minimum atomic E-state index is -0.514. The summed E-state index contributed by atoms with van der Waals surface area (Å²) in [5.74, 6) is 0.664. The molecule has 0 spiro atoms. The molecule has 1 aromatic carbocycles. The lowest BCUT2D eigenvalue weighted by atomic mass is 10.2. The molecule has 0 saturated heterocycles. The van der Waals surface area contributed by atoms with Gasteiger partial charge in [-0.25, -0.2) is 4.79 Å². The lowest BCUT2D eigenvalue weighted by Gasteiger charge is -2.19.